The molecule has 0 saturated heterocycles. The van der Waals surface area contributed by atoms with Crippen LogP contribution in [0.3, 0.4) is 0 Å². The molecule has 1 aliphatic rings. The highest BCUT2D eigenvalue weighted by Crippen LogP contribution is 2.25. The SMILES string of the molecule is CC(C)=C1C=CC=CC1P=O. The number of hydrogen-bond donors (Lipinski definition) is 0. The van der Waals surface area contributed by atoms with Gasteiger partial charge in [0.25, 0.3) is 0 Å². The van der Waals surface area contributed by atoms with Gasteiger partial charge in [0.05, 0.1) is 5.66 Å². The monoisotopic (exact) mass is 166 g/mol. The summed E-state index contributed by atoms with van der Waals surface area (Å²) >= 11 is 0. The molecule has 1 aliphatic carbocycles. The van der Waals surface area contributed by atoms with Crippen LogP contribution in [0.15, 0.2) is 35.5 Å². The highest BCUT2D eigenvalue weighted by atomic mass is 31.1. The summed E-state index contributed by atoms with van der Waals surface area (Å²) in [5.41, 5.74) is 2.48. The Balaban J connectivity index is 2.97. The standard InChI is InChI=1S/C9H11OP/c1-7(2)8-5-3-4-6-9(8)11-10/h3-6,9H,1-2H3. The third-order valence-electron chi connectivity index (χ3n) is 1.69. The molecule has 0 amide bonds. The number of rotatable bonds is 1. The van der Waals surface area contributed by atoms with Crippen LogP contribution in [-0.2, 0) is 4.57 Å². The first-order valence-electron chi connectivity index (χ1n) is 3.60. The van der Waals surface area contributed by atoms with Crippen molar-refractivity contribution < 1.29 is 4.57 Å². The van der Waals surface area contributed by atoms with Gasteiger partial charge in [-0.1, -0.05) is 29.9 Å². The minimum Gasteiger partial charge on any atom is -0.274 e. The molecule has 58 valence electrons. The van der Waals surface area contributed by atoms with E-state index in [2.05, 4.69) is 0 Å². The van der Waals surface area contributed by atoms with E-state index in [9.17, 15) is 4.57 Å². The summed E-state index contributed by atoms with van der Waals surface area (Å²) in [5, 5.41) is 0. The van der Waals surface area contributed by atoms with Gasteiger partial charge in [0.1, 0.15) is 0 Å². The van der Waals surface area contributed by atoms with Crippen molar-refractivity contribution in [1.82, 2.24) is 0 Å². The summed E-state index contributed by atoms with van der Waals surface area (Å²) in [5.74, 6) is 0. The minimum absolute atomic E-state index is 0.0741. The highest BCUT2D eigenvalue weighted by Gasteiger charge is 2.11. The minimum atomic E-state index is 0.0741. The lowest BCUT2D eigenvalue weighted by atomic mass is 10.0. The second kappa shape index (κ2) is 3.64. The van der Waals surface area contributed by atoms with Crippen molar-refractivity contribution in [2.24, 2.45) is 0 Å². The van der Waals surface area contributed by atoms with Gasteiger partial charge in [-0.2, -0.15) is 0 Å². The fraction of sp³-hybridized carbons (Fsp3) is 0.333. The molecule has 0 spiro atoms. The molecule has 0 aromatic heterocycles. The van der Waals surface area contributed by atoms with E-state index in [1.165, 1.54) is 11.1 Å². The summed E-state index contributed by atoms with van der Waals surface area (Å²) < 4.78 is 10.7. The molecule has 1 unspecified atom stereocenters. The molecule has 11 heavy (non-hydrogen) atoms. The van der Waals surface area contributed by atoms with Gasteiger partial charge in [-0.3, -0.25) is 4.57 Å². The average Bonchev–Trinajstić information content (AvgIpc) is 2.04. The smallest absolute Gasteiger partial charge is 0.167 e. The van der Waals surface area contributed by atoms with E-state index in [0.717, 1.165) is 0 Å². The molecule has 0 aromatic carbocycles. The summed E-state index contributed by atoms with van der Waals surface area (Å²) in [7, 11) is 0.185. The van der Waals surface area contributed by atoms with Gasteiger partial charge in [-0.15, -0.1) is 0 Å². The molecule has 0 heterocycles. The molecule has 0 aromatic rings. The largest absolute Gasteiger partial charge is 0.274 e. The van der Waals surface area contributed by atoms with Crippen LogP contribution in [0.2, 0.25) is 0 Å². The van der Waals surface area contributed by atoms with Crippen LogP contribution < -0.4 is 0 Å². The van der Waals surface area contributed by atoms with Gasteiger partial charge in [0.2, 0.25) is 0 Å². The van der Waals surface area contributed by atoms with Gasteiger partial charge in [0, 0.05) is 0 Å². The number of allylic oxidation sites excluding steroid dienone is 6. The van der Waals surface area contributed by atoms with Crippen molar-refractivity contribution >= 4 is 8.46 Å². The van der Waals surface area contributed by atoms with Crippen molar-refractivity contribution in [2.75, 3.05) is 0 Å². The first kappa shape index (κ1) is 8.42. The van der Waals surface area contributed by atoms with Crippen LogP contribution in [0.4, 0.5) is 0 Å². The van der Waals surface area contributed by atoms with Crippen molar-refractivity contribution in [1.29, 1.82) is 0 Å². The van der Waals surface area contributed by atoms with E-state index < -0.39 is 0 Å². The van der Waals surface area contributed by atoms with E-state index >= 15 is 0 Å². The third kappa shape index (κ3) is 1.87. The lowest BCUT2D eigenvalue weighted by Crippen LogP contribution is -2.01. The zero-order chi connectivity index (χ0) is 8.27. The molecule has 1 nitrogen and oxygen atoms in total. The Morgan fingerprint density at radius 1 is 1.45 bits per heavy atom. The summed E-state index contributed by atoms with van der Waals surface area (Å²) in [4.78, 5) is 0. The molecule has 2 heteroatoms. The lowest BCUT2D eigenvalue weighted by molar-refractivity contribution is 0.597. The summed E-state index contributed by atoms with van der Waals surface area (Å²) in [6.07, 6.45) is 7.88. The Morgan fingerprint density at radius 3 is 2.64 bits per heavy atom. The molecule has 0 aliphatic heterocycles. The van der Waals surface area contributed by atoms with E-state index in [4.69, 9.17) is 0 Å². The maximum atomic E-state index is 10.7. The van der Waals surface area contributed by atoms with Crippen molar-refractivity contribution in [3.05, 3.63) is 35.5 Å². The van der Waals surface area contributed by atoms with E-state index in [1.54, 1.807) is 0 Å². The van der Waals surface area contributed by atoms with Crippen molar-refractivity contribution in [3.63, 3.8) is 0 Å². The first-order valence-corrected chi connectivity index (χ1v) is 4.48. The molecule has 1 rings (SSSR count). The maximum absolute atomic E-state index is 10.7. The molecular formula is C9H11OP. The lowest BCUT2D eigenvalue weighted by Gasteiger charge is -2.10. The third-order valence-corrected chi connectivity index (χ3v) is 2.37. The Hall–Kier alpha value is -0.680. The van der Waals surface area contributed by atoms with Crippen LogP contribution >= 0.6 is 8.46 Å². The molecular weight excluding hydrogens is 155 g/mol. The molecule has 0 radical (unpaired) electrons. The molecule has 1 atom stereocenters. The van der Waals surface area contributed by atoms with Gasteiger partial charge in [-0.25, -0.2) is 0 Å². The molecule has 0 fully saturated rings. The fourth-order valence-electron chi connectivity index (χ4n) is 1.09. The van der Waals surface area contributed by atoms with E-state index in [0.29, 0.717) is 0 Å². The van der Waals surface area contributed by atoms with Crippen LogP contribution in [0.5, 0.6) is 0 Å². The molecule has 0 N–H and O–H groups in total. The Bertz CT molecular complexity index is 244. The van der Waals surface area contributed by atoms with Gasteiger partial charge < -0.3 is 0 Å². The van der Waals surface area contributed by atoms with Gasteiger partial charge in [-0.05, 0) is 19.4 Å². The predicted octanol–water partition coefficient (Wildman–Crippen LogP) is 3.11. The predicted molar refractivity (Wildman–Crippen MR) is 48.0 cm³/mol. The zero-order valence-corrected chi connectivity index (χ0v) is 7.64. The Kier molecular flexibility index (Phi) is 2.78. The quantitative estimate of drug-likeness (QED) is 0.547. The van der Waals surface area contributed by atoms with Crippen molar-refractivity contribution in [2.45, 2.75) is 19.5 Å². The second-order valence-corrected chi connectivity index (χ2v) is 3.52. The van der Waals surface area contributed by atoms with E-state index in [1.807, 2.05) is 38.2 Å². The summed E-state index contributed by atoms with van der Waals surface area (Å²) in [6.45, 7) is 4.08. The zero-order valence-electron chi connectivity index (χ0n) is 6.74. The highest BCUT2D eigenvalue weighted by molar-refractivity contribution is 7.25. The van der Waals surface area contributed by atoms with Gasteiger partial charge >= 0.3 is 0 Å². The first-order chi connectivity index (χ1) is 5.25. The average molecular weight is 166 g/mol. The Labute approximate surface area is 68.7 Å². The van der Waals surface area contributed by atoms with Crippen molar-refractivity contribution in [3.8, 4) is 0 Å². The van der Waals surface area contributed by atoms with Gasteiger partial charge in [0.15, 0.2) is 8.46 Å². The molecule has 0 bridgehead atoms. The van der Waals surface area contributed by atoms with Crippen LogP contribution in [-0.4, -0.2) is 5.66 Å². The fourth-order valence-corrected chi connectivity index (χ4v) is 1.71. The Morgan fingerprint density at radius 2 is 2.18 bits per heavy atom. The second-order valence-electron chi connectivity index (χ2n) is 2.75. The van der Waals surface area contributed by atoms with Crippen LogP contribution in [0.1, 0.15) is 13.8 Å². The molecule has 0 saturated carbocycles. The van der Waals surface area contributed by atoms with Crippen LogP contribution in [0, 0.1) is 0 Å². The topological polar surface area (TPSA) is 17.1 Å². The summed E-state index contributed by atoms with van der Waals surface area (Å²) in [6, 6.07) is 0. The normalized spacial score (nSPS) is 22.7. The van der Waals surface area contributed by atoms with Crippen LogP contribution in [0.25, 0.3) is 0 Å². The van der Waals surface area contributed by atoms with E-state index in [-0.39, 0.29) is 14.1 Å². The maximum Gasteiger partial charge on any atom is 0.167 e. The number of hydrogen-bond acceptors (Lipinski definition) is 1.